The average Bonchev–Trinajstić information content (AvgIpc) is 2.63. The van der Waals surface area contributed by atoms with Gasteiger partial charge in [-0.2, -0.15) is 0 Å². The zero-order chi connectivity index (χ0) is 19.9. The Morgan fingerprint density at radius 3 is 2.32 bits per heavy atom. The van der Waals surface area contributed by atoms with Crippen molar-refractivity contribution in [1.29, 1.82) is 0 Å². The van der Waals surface area contributed by atoms with Crippen molar-refractivity contribution >= 4 is 29.2 Å². The Bertz CT molecular complexity index is 790. The number of nitrogens with zero attached hydrogens (tertiary/aromatic N) is 1. The van der Waals surface area contributed by atoms with Crippen molar-refractivity contribution in [1.82, 2.24) is 5.32 Å². The van der Waals surface area contributed by atoms with Crippen molar-refractivity contribution in [3.63, 3.8) is 0 Å². The summed E-state index contributed by atoms with van der Waals surface area (Å²) in [7, 11) is 0. The molecule has 0 spiro atoms. The molecule has 4 saturated carbocycles. The lowest BCUT2D eigenvalue weighted by Gasteiger charge is -2.56. The molecule has 4 bridgehead atoms. The first-order valence-corrected chi connectivity index (χ1v) is 10.1. The van der Waals surface area contributed by atoms with Crippen LogP contribution in [0.25, 0.3) is 0 Å². The first kappa shape index (κ1) is 19.2. The largest absolute Gasteiger partial charge is 0.452 e. The van der Waals surface area contributed by atoms with Gasteiger partial charge < -0.3 is 10.1 Å². The van der Waals surface area contributed by atoms with Crippen LogP contribution in [0, 0.1) is 33.3 Å². The number of benzene rings is 1. The van der Waals surface area contributed by atoms with Crippen LogP contribution >= 0.6 is 11.6 Å². The molecule has 0 atom stereocenters. The van der Waals surface area contributed by atoms with E-state index in [2.05, 4.69) is 5.32 Å². The molecule has 0 aliphatic heterocycles. The minimum atomic E-state index is -0.773. The van der Waals surface area contributed by atoms with Crippen LogP contribution in [-0.4, -0.2) is 30.0 Å². The molecular weight excluding hydrogens is 384 g/mol. The Morgan fingerprint density at radius 1 is 1.18 bits per heavy atom. The second-order valence-corrected chi connectivity index (χ2v) is 9.10. The van der Waals surface area contributed by atoms with Crippen molar-refractivity contribution in [2.75, 3.05) is 13.2 Å². The van der Waals surface area contributed by atoms with Crippen molar-refractivity contribution in [3.8, 4) is 0 Å². The highest BCUT2D eigenvalue weighted by atomic mass is 35.5. The minimum Gasteiger partial charge on any atom is -0.452 e. The van der Waals surface area contributed by atoms with Gasteiger partial charge in [-0.1, -0.05) is 11.6 Å². The number of nitro benzene ring substituents is 1. The predicted molar refractivity (Wildman–Crippen MR) is 102 cm³/mol. The van der Waals surface area contributed by atoms with E-state index in [9.17, 15) is 19.7 Å². The first-order chi connectivity index (χ1) is 13.3. The van der Waals surface area contributed by atoms with Crippen LogP contribution in [0.1, 0.15) is 48.9 Å². The molecule has 4 fully saturated rings. The number of esters is 1. The second kappa shape index (κ2) is 7.35. The van der Waals surface area contributed by atoms with Crippen LogP contribution in [0.4, 0.5) is 5.69 Å². The summed E-state index contributed by atoms with van der Waals surface area (Å²) in [6.45, 7) is 0.254. The topological polar surface area (TPSA) is 98.5 Å². The summed E-state index contributed by atoms with van der Waals surface area (Å²) in [6.07, 6.45) is 7.62. The van der Waals surface area contributed by atoms with Crippen molar-refractivity contribution in [3.05, 3.63) is 38.9 Å². The SMILES string of the molecule is O=C(COC(=O)c1ccc([N+](=O)[O-])cc1Cl)NCC12CC3CC(CC(C3)C1)C2. The van der Waals surface area contributed by atoms with Crippen molar-refractivity contribution in [2.45, 2.75) is 38.5 Å². The van der Waals surface area contributed by atoms with E-state index in [1.165, 1.54) is 50.7 Å². The number of hydrogen-bond acceptors (Lipinski definition) is 5. The molecule has 1 amide bonds. The Balaban J connectivity index is 1.28. The van der Waals surface area contributed by atoms with E-state index in [0.717, 1.165) is 23.8 Å². The number of nitro groups is 1. The van der Waals surface area contributed by atoms with E-state index in [1.54, 1.807) is 0 Å². The van der Waals surface area contributed by atoms with Gasteiger partial charge in [0.15, 0.2) is 6.61 Å². The van der Waals surface area contributed by atoms with E-state index >= 15 is 0 Å². The standard InChI is InChI=1S/C20H23ClN2O5/c21-17-6-15(23(26)27)1-2-16(17)19(25)28-10-18(24)22-11-20-7-12-3-13(8-20)5-14(4-12)9-20/h1-2,6,12-14H,3-5,7-11H2,(H,22,24). The number of nitrogens with one attached hydrogen (secondary N) is 1. The van der Waals surface area contributed by atoms with E-state index < -0.39 is 17.5 Å². The molecule has 1 aromatic rings. The number of hydrogen-bond donors (Lipinski definition) is 1. The van der Waals surface area contributed by atoms with Gasteiger partial charge in [-0.3, -0.25) is 14.9 Å². The molecule has 7 nitrogen and oxygen atoms in total. The van der Waals surface area contributed by atoms with E-state index in [0.29, 0.717) is 6.54 Å². The number of amides is 1. The van der Waals surface area contributed by atoms with Crippen LogP contribution in [0.5, 0.6) is 0 Å². The predicted octanol–water partition coefficient (Wildman–Crippen LogP) is 3.74. The maximum atomic E-state index is 12.2. The summed E-state index contributed by atoms with van der Waals surface area (Å²) in [5.41, 5.74) is 0.00632. The van der Waals surface area contributed by atoms with Gasteiger partial charge in [0.2, 0.25) is 0 Å². The molecule has 28 heavy (non-hydrogen) atoms. The summed E-state index contributed by atoms with van der Waals surface area (Å²) in [5.74, 6) is 1.33. The summed E-state index contributed by atoms with van der Waals surface area (Å²) in [6, 6.07) is 3.50. The summed E-state index contributed by atoms with van der Waals surface area (Å²) in [4.78, 5) is 34.4. The van der Waals surface area contributed by atoms with Crippen LogP contribution in [0.3, 0.4) is 0 Å². The Labute approximate surface area is 167 Å². The van der Waals surface area contributed by atoms with E-state index in [4.69, 9.17) is 16.3 Å². The summed E-state index contributed by atoms with van der Waals surface area (Å²) < 4.78 is 5.04. The minimum absolute atomic E-state index is 0.00107. The van der Waals surface area contributed by atoms with E-state index in [1.807, 2.05) is 0 Å². The third-order valence-corrected chi connectivity index (χ3v) is 6.86. The fourth-order valence-corrected chi connectivity index (χ4v) is 6.09. The third-order valence-electron chi connectivity index (χ3n) is 6.54. The number of carbonyl (C=O) groups is 2. The molecule has 8 heteroatoms. The molecule has 0 aromatic heterocycles. The lowest BCUT2D eigenvalue weighted by atomic mass is 9.49. The molecule has 0 radical (unpaired) electrons. The zero-order valence-corrected chi connectivity index (χ0v) is 16.2. The molecule has 4 aliphatic rings. The monoisotopic (exact) mass is 406 g/mol. The molecule has 4 aliphatic carbocycles. The Morgan fingerprint density at radius 2 is 1.79 bits per heavy atom. The average molecular weight is 407 g/mol. The van der Waals surface area contributed by atoms with Gasteiger partial charge in [-0.05, 0) is 67.8 Å². The molecule has 0 saturated heterocycles. The Hall–Kier alpha value is -2.15. The van der Waals surface area contributed by atoms with Crippen LogP contribution < -0.4 is 5.32 Å². The number of rotatable bonds is 6. The maximum absolute atomic E-state index is 12.2. The van der Waals surface area contributed by atoms with Crippen LogP contribution in [0.15, 0.2) is 18.2 Å². The first-order valence-electron chi connectivity index (χ1n) is 9.71. The fourth-order valence-electron chi connectivity index (χ4n) is 5.84. The highest BCUT2D eigenvalue weighted by Crippen LogP contribution is 2.59. The van der Waals surface area contributed by atoms with E-state index in [-0.39, 0.29) is 27.6 Å². The smallest absolute Gasteiger partial charge is 0.340 e. The Kier molecular flexibility index (Phi) is 5.04. The molecular formula is C20H23ClN2O5. The number of halogens is 1. The number of ether oxygens (including phenoxy) is 1. The van der Waals surface area contributed by atoms with Gasteiger partial charge in [0.25, 0.3) is 11.6 Å². The molecule has 0 heterocycles. The van der Waals surface area contributed by atoms with Gasteiger partial charge in [0.05, 0.1) is 15.5 Å². The van der Waals surface area contributed by atoms with Crippen LogP contribution in [-0.2, 0) is 9.53 Å². The van der Waals surface area contributed by atoms with Gasteiger partial charge >= 0.3 is 5.97 Å². The molecule has 1 aromatic carbocycles. The molecule has 150 valence electrons. The third kappa shape index (κ3) is 3.85. The molecule has 5 rings (SSSR count). The maximum Gasteiger partial charge on any atom is 0.340 e. The number of carbonyl (C=O) groups excluding carboxylic acids is 2. The summed E-state index contributed by atoms with van der Waals surface area (Å²) >= 11 is 5.92. The van der Waals surface area contributed by atoms with Crippen molar-refractivity contribution in [2.24, 2.45) is 23.2 Å². The summed E-state index contributed by atoms with van der Waals surface area (Å²) in [5, 5.41) is 13.6. The highest BCUT2D eigenvalue weighted by Gasteiger charge is 2.50. The molecule has 0 unspecified atom stereocenters. The van der Waals surface area contributed by atoms with Gasteiger partial charge in [0, 0.05) is 18.7 Å². The zero-order valence-electron chi connectivity index (χ0n) is 15.5. The van der Waals surface area contributed by atoms with Gasteiger partial charge in [-0.15, -0.1) is 0 Å². The van der Waals surface area contributed by atoms with Crippen molar-refractivity contribution < 1.29 is 19.2 Å². The second-order valence-electron chi connectivity index (χ2n) is 8.69. The lowest BCUT2D eigenvalue weighted by molar-refractivity contribution is -0.384. The van der Waals surface area contributed by atoms with Gasteiger partial charge in [0.1, 0.15) is 0 Å². The number of non-ortho nitro benzene ring substituents is 1. The normalized spacial score (nSPS) is 30.1. The quantitative estimate of drug-likeness (QED) is 0.440. The fraction of sp³-hybridized carbons (Fsp3) is 0.600. The van der Waals surface area contributed by atoms with Crippen LogP contribution in [0.2, 0.25) is 5.02 Å². The highest BCUT2D eigenvalue weighted by molar-refractivity contribution is 6.33. The molecule has 1 N–H and O–H groups in total. The van der Waals surface area contributed by atoms with Gasteiger partial charge in [-0.25, -0.2) is 4.79 Å². The lowest BCUT2D eigenvalue weighted by Crippen LogP contribution is -2.51.